The zero-order valence-electron chi connectivity index (χ0n) is 9.00. The molecule has 2 atom stereocenters. The van der Waals surface area contributed by atoms with Crippen molar-refractivity contribution in [2.24, 2.45) is 5.92 Å². The molecule has 3 nitrogen and oxygen atoms in total. The lowest BCUT2D eigenvalue weighted by molar-refractivity contribution is -0.223. The van der Waals surface area contributed by atoms with Gasteiger partial charge in [0, 0.05) is 13.2 Å². The highest BCUT2D eigenvalue weighted by Gasteiger charge is 2.39. The summed E-state index contributed by atoms with van der Waals surface area (Å²) < 4.78 is 47.5. The molecule has 1 unspecified atom stereocenters. The standard InChI is InChI=1S/C10H17F3O3/c11-10(12,13)8(4-5-14)7-16-9-3-1-2-6-15-9/h8-9,14H,1-7H2/t8-,9?/m0/s1. The predicted molar refractivity (Wildman–Crippen MR) is 50.8 cm³/mol. The van der Waals surface area contributed by atoms with Crippen molar-refractivity contribution in [3.05, 3.63) is 0 Å². The van der Waals surface area contributed by atoms with Gasteiger partial charge in [0.2, 0.25) is 0 Å². The summed E-state index contributed by atoms with van der Waals surface area (Å²) >= 11 is 0. The van der Waals surface area contributed by atoms with Crippen LogP contribution in [0.1, 0.15) is 25.7 Å². The van der Waals surface area contributed by atoms with Crippen LogP contribution >= 0.6 is 0 Å². The van der Waals surface area contributed by atoms with Crippen LogP contribution in [0.5, 0.6) is 0 Å². The van der Waals surface area contributed by atoms with E-state index in [1.807, 2.05) is 0 Å². The van der Waals surface area contributed by atoms with Crippen molar-refractivity contribution in [3.63, 3.8) is 0 Å². The molecule has 6 heteroatoms. The van der Waals surface area contributed by atoms with E-state index in [2.05, 4.69) is 0 Å². The molecule has 0 aromatic carbocycles. The average molecular weight is 242 g/mol. The maximum absolute atomic E-state index is 12.4. The van der Waals surface area contributed by atoms with Crippen LogP contribution in [-0.4, -0.2) is 37.4 Å². The van der Waals surface area contributed by atoms with Crippen molar-refractivity contribution in [2.75, 3.05) is 19.8 Å². The highest BCUT2D eigenvalue weighted by molar-refractivity contribution is 4.67. The first-order valence-electron chi connectivity index (χ1n) is 5.45. The molecule has 0 aliphatic carbocycles. The largest absolute Gasteiger partial charge is 0.396 e. The topological polar surface area (TPSA) is 38.7 Å². The summed E-state index contributed by atoms with van der Waals surface area (Å²) in [5, 5.41) is 8.55. The molecule has 0 bridgehead atoms. The van der Waals surface area contributed by atoms with Gasteiger partial charge in [0.25, 0.3) is 0 Å². The van der Waals surface area contributed by atoms with E-state index in [4.69, 9.17) is 14.6 Å². The van der Waals surface area contributed by atoms with Gasteiger partial charge < -0.3 is 14.6 Å². The predicted octanol–water partition coefficient (Wildman–Crippen LogP) is 2.09. The lowest BCUT2D eigenvalue weighted by atomic mass is 10.1. The zero-order chi connectivity index (χ0) is 12.0. The Balaban J connectivity index is 2.31. The molecule has 1 aliphatic rings. The summed E-state index contributed by atoms with van der Waals surface area (Å²) in [5.74, 6) is -1.61. The van der Waals surface area contributed by atoms with Gasteiger partial charge in [0.15, 0.2) is 6.29 Å². The molecular weight excluding hydrogens is 225 g/mol. The summed E-state index contributed by atoms with van der Waals surface area (Å²) in [6, 6.07) is 0. The minimum atomic E-state index is -4.32. The third-order valence-corrected chi connectivity index (χ3v) is 2.56. The first-order valence-corrected chi connectivity index (χ1v) is 5.45. The molecule has 1 heterocycles. The Kier molecular flexibility index (Phi) is 5.51. The molecule has 1 N–H and O–H groups in total. The lowest BCUT2D eigenvalue weighted by Crippen LogP contribution is -2.32. The van der Waals surface area contributed by atoms with Crippen LogP contribution in [0.25, 0.3) is 0 Å². The number of hydrogen-bond donors (Lipinski definition) is 1. The van der Waals surface area contributed by atoms with Crippen LogP contribution in [0.15, 0.2) is 0 Å². The molecule has 0 amide bonds. The van der Waals surface area contributed by atoms with Crippen molar-refractivity contribution in [1.82, 2.24) is 0 Å². The smallest absolute Gasteiger partial charge is 0.394 e. The van der Waals surface area contributed by atoms with E-state index in [1.165, 1.54) is 0 Å². The van der Waals surface area contributed by atoms with Gasteiger partial charge in [-0.25, -0.2) is 0 Å². The van der Waals surface area contributed by atoms with E-state index in [1.54, 1.807) is 0 Å². The summed E-state index contributed by atoms with van der Waals surface area (Å²) in [6.07, 6.45) is -2.67. The second-order valence-electron chi connectivity index (χ2n) is 3.88. The molecule has 0 saturated carbocycles. The van der Waals surface area contributed by atoms with Gasteiger partial charge in [-0.2, -0.15) is 13.2 Å². The van der Waals surface area contributed by atoms with Crippen molar-refractivity contribution >= 4 is 0 Å². The van der Waals surface area contributed by atoms with Crippen LogP contribution < -0.4 is 0 Å². The maximum Gasteiger partial charge on any atom is 0.394 e. The normalized spacial score (nSPS) is 24.4. The highest BCUT2D eigenvalue weighted by atomic mass is 19.4. The summed E-state index contributed by atoms with van der Waals surface area (Å²) in [7, 11) is 0. The lowest BCUT2D eigenvalue weighted by Gasteiger charge is -2.26. The number of halogens is 3. The quantitative estimate of drug-likeness (QED) is 0.802. The highest BCUT2D eigenvalue weighted by Crippen LogP contribution is 2.29. The van der Waals surface area contributed by atoms with Crippen molar-refractivity contribution in [2.45, 2.75) is 38.1 Å². The van der Waals surface area contributed by atoms with E-state index in [9.17, 15) is 13.2 Å². The van der Waals surface area contributed by atoms with E-state index in [0.717, 1.165) is 12.8 Å². The summed E-state index contributed by atoms with van der Waals surface area (Å²) in [4.78, 5) is 0. The fraction of sp³-hybridized carbons (Fsp3) is 1.00. The number of aliphatic hydroxyl groups is 1. The number of hydrogen-bond acceptors (Lipinski definition) is 3. The number of aliphatic hydroxyl groups excluding tert-OH is 1. The third kappa shape index (κ3) is 4.67. The molecule has 0 spiro atoms. The Morgan fingerprint density at radius 1 is 1.38 bits per heavy atom. The Labute approximate surface area is 92.5 Å². The monoisotopic (exact) mass is 242 g/mol. The van der Waals surface area contributed by atoms with E-state index in [0.29, 0.717) is 13.0 Å². The molecular formula is C10H17F3O3. The summed E-state index contributed by atoms with van der Waals surface area (Å²) in [5.41, 5.74) is 0. The Morgan fingerprint density at radius 2 is 2.12 bits per heavy atom. The fourth-order valence-corrected chi connectivity index (χ4v) is 1.56. The molecule has 0 radical (unpaired) electrons. The molecule has 1 fully saturated rings. The van der Waals surface area contributed by atoms with E-state index < -0.39 is 31.6 Å². The van der Waals surface area contributed by atoms with Crippen molar-refractivity contribution in [1.29, 1.82) is 0 Å². The van der Waals surface area contributed by atoms with Crippen molar-refractivity contribution < 1.29 is 27.8 Å². The Morgan fingerprint density at radius 3 is 2.62 bits per heavy atom. The van der Waals surface area contributed by atoms with Crippen LogP contribution in [0, 0.1) is 5.92 Å². The van der Waals surface area contributed by atoms with E-state index in [-0.39, 0.29) is 6.42 Å². The minimum Gasteiger partial charge on any atom is -0.396 e. The van der Waals surface area contributed by atoms with Gasteiger partial charge >= 0.3 is 6.18 Å². The Bertz CT molecular complexity index is 190. The maximum atomic E-state index is 12.4. The number of alkyl halides is 3. The van der Waals surface area contributed by atoms with Gasteiger partial charge in [-0.15, -0.1) is 0 Å². The first kappa shape index (κ1) is 13.7. The second kappa shape index (κ2) is 6.42. The first-order chi connectivity index (χ1) is 7.54. The summed E-state index contributed by atoms with van der Waals surface area (Å²) in [6.45, 7) is -0.380. The minimum absolute atomic E-state index is 0.323. The third-order valence-electron chi connectivity index (χ3n) is 2.56. The van der Waals surface area contributed by atoms with Gasteiger partial charge in [0.05, 0.1) is 12.5 Å². The van der Waals surface area contributed by atoms with Crippen LogP contribution in [0.3, 0.4) is 0 Å². The van der Waals surface area contributed by atoms with Gasteiger partial charge in [-0.3, -0.25) is 0 Å². The number of ether oxygens (including phenoxy) is 2. The molecule has 1 saturated heterocycles. The molecule has 0 aromatic rings. The molecule has 0 aromatic heterocycles. The molecule has 16 heavy (non-hydrogen) atoms. The van der Waals surface area contributed by atoms with Gasteiger partial charge in [-0.05, 0) is 25.7 Å². The second-order valence-corrected chi connectivity index (χ2v) is 3.88. The van der Waals surface area contributed by atoms with E-state index >= 15 is 0 Å². The zero-order valence-corrected chi connectivity index (χ0v) is 9.00. The average Bonchev–Trinajstić information content (AvgIpc) is 2.24. The molecule has 96 valence electrons. The van der Waals surface area contributed by atoms with Crippen LogP contribution in [0.2, 0.25) is 0 Å². The van der Waals surface area contributed by atoms with Gasteiger partial charge in [0.1, 0.15) is 0 Å². The van der Waals surface area contributed by atoms with Crippen LogP contribution in [0.4, 0.5) is 13.2 Å². The fourth-order valence-electron chi connectivity index (χ4n) is 1.56. The van der Waals surface area contributed by atoms with Crippen molar-refractivity contribution in [3.8, 4) is 0 Å². The molecule has 1 aliphatic heterocycles. The van der Waals surface area contributed by atoms with Crippen LogP contribution in [-0.2, 0) is 9.47 Å². The number of rotatable bonds is 5. The molecule has 1 rings (SSSR count). The van der Waals surface area contributed by atoms with Gasteiger partial charge in [-0.1, -0.05) is 0 Å². The Hall–Kier alpha value is -0.330. The SMILES string of the molecule is OCC[C@@H](COC1CCCCO1)C(F)(F)F.